The molecule has 0 fully saturated rings. The number of pyridine rings is 1. The third-order valence-corrected chi connectivity index (χ3v) is 5.18. The highest BCUT2D eigenvalue weighted by atomic mass is 35.5. The molecule has 0 unspecified atom stereocenters. The Balaban J connectivity index is 1.56. The standard InChI is InChI=1S/C24H21ClF3N5O5/c25-20-6-3-15(12-19(20)24(26,27)28)32-23(36)31-14-1-4-17(5-2-14)38-18-9-10-30-16(11-18)13-33(37)22(35)8-7-21(29)34/h1-6,9-12,37H,7-8,13H2,(H2,29,34)(H2,31,32,36). The lowest BCUT2D eigenvalue weighted by Gasteiger charge is -2.15. The van der Waals surface area contributed by atoms with Gasteiger partial charge in [-0.1, -0.05) is 11.6 Å². The Bertz CT molecular complexity index is 1320. The molecule has 0 aliphatic carbocycles. The number of anilines is 2. The van der Waals surface area contributed by atoms with Crippen molar-refractivity contribution in [2.75, 3.05) is 10.6 Å². The Morgan fingerprint density at radius 3 is 2.29 bits per heavy atom. The molecule has 0 atom stereocenters. The molecule has 0 bridgehead atoms. The number of hydroxylamine groups is 2. The van der Waals surface area contributed by atoms with Crippen molar-refractivity contribution in [1.29, 1.82) is 0 Å². The van der Waals surface area contributed by atoms with Gasteiger partial charge in [-0.2, -0.15) is 13.2 Å². The molecule has 0 radical (unpaired) electrons. The van der Waals surface area contributed by atoms with Crippen molar-refractivity contribution in [2.45, 2.75) is 25.6 Å². The summed E-state index contributed by atoms with van der Waals surface area (Å²) in [4.78, 5) is 38.9. The van der Waals surface area contributed by atoms with E-state index in [4.69, 9.17) is 22.1 Å². The van der Waals surface area contributed by atoms with Gasteiger partial charge in [0.1, 0.15) is 11.5 Å². The molecule has 3 aromatic rings. The first-order valence-electron chi connectivity index (χ1n) is 10.9. The highest BCUT2D eigenvalue weighted by molar-refractivity contribution is 6.31. The first-order valence-corrected chi connectivity index (χ1v) is 11.2. The van der Waals surface area contributed by atoms with Crippen LogP contribution in [0.4, 0.5) is 29.3 Å². The number of aromatic nitrogens is 1. The number of carbonyl (C=O) groups is 3. The van der Waals surface area contributed by atoms with Gasteiger partial charge in [0.15, 0.2) is 0 Å². The smallest absolute Gasteiger partial charge is 0.417 e. The average Bonchev–Trinajstić information content (AvgIpc) is 2.84. The molecule has 0 aliphatic rings. The third-order valence-electron chi connectivity index (χ3n) is 4.85. The number of halogens is 4. The van der Waals surface area contributed by atoms with Crippen LogP contribution in [0.25, 0.3) is 0 Å². The van der Waals surface area contributed by atoms with Crippen molar-refractivity contribution in [3.63, 3.8) is 0 Å². The fourth-order valence-corrected chi connectivity index (χ4v) is 3.29. The predicted molar refractivity (Wildman–Crippen MR) is 131 cm³/mol. The monoisotopic (exact) mass is 551 g/mol. The summed E-state index contributed by atoms with van der Waals surface area (Å²) in [7, 11) is 0. The van der Waals surface area contributed by atoms with Gasteiger partial charge in [-0.15, -0.1) is 0 Å². The number of carbonyl (C=O) groups excluding carboxylic acids is 3. The average molecular weight is 552 g/mol. The van der Waals surface area contributed by atoms with Gasteiger partial charge in [0, 0.05) is 36.5 Å². The van der Waals surface area contributed by atoms with Gasteiger partial charge in [-0.25, -0.2) is 9.86 Å². The minimum Gasteiger partial charge on any atom is -0.457 e. The summed E-state index contributed by atoms with van der Waals surface area (Å²) in [5, 5.41) is 14.6. The Morgan fingerprint density at radius 1 is 0.974 bits per heavy atom. The van der Waals surface area contributed by atoms with E-state index < -0.39 is 34.6 Å². The molecule has 14 heteroatoms. The first-order chi connectivity index (χ1) is 17.9. The van der Waals surface area contributed by atoms with Crippen molar-refractivity contribution in [3.05, 3.63) is 77.1 Å². The summed E-state index contributed by atoms with van der Waals surface area (Å²) < 4.78 is 44.7. The van der Waals surface area contributed by atoms with E-state index in [-0.39, 0.29) is 25.1 Å². The van der Waals surface area contributed by atoms with Crippen LogP contribution in [-0.4, -0.2) is 33.1 Å². The zero-order valence-electron chi connectivity index (χ0n) is 19.5. The molecule has 2 aromatic carbocycles. The lowest BCUT2D eigenvalue weighted by molar-refractivity contribution is -0.168. The van der Waals surface area contributed by atoms with Crippen LogP contribution >= 0.6 is 11.6 Å². The summed E-state index contributed by atoms with van der Waals surface area (Å²) >= 11 is 5.58. The largest absolute Gasteiger partial charge is 0.457 e. The first kappa shape index (κ1) is 28.2. The number of urea groups is 1. The molecule has 0 aliphatic heterocycles. The molecule has 4 amide bonds. The highest BCUT2D eigenvalue weighted by Gasteiger charge is 2.33. The zero-order chi connectivity index (χ0) is 27.9. The molecule has 1 heterocycles. The van der Waals surface area contributed by atoms with Crippen molar-refractivity contribution in [3.8, 4) is 11.5 Å². The van der Waals surface area contributed by atoms with E-state index in [1.807, 2.05) is 0 Å². The van der Waals surface area contributed by atoms with Gasteiger partial charge < -0.3 is 21.1 Å². The number of nitrogens with two attached hydrogens (primary N) is 1. The normalized spacial score (nSPS) is 11.0. The van der Waals surface area contributed by atoms with E-state index in [1.54, 1.807) is 6.07 Å². The number of benzene rings is 2. The van der Waals surface area contributed by atoms with E-state index in [9.17, 15) is 32.8 Å². The van der Waals surface area contributed by atoms with Crippen molar-refractivity contribution < 1.29 is 37.5 Å². The van der Waals surface area contributed by atoms with Gasteiger partial charge >= 0.3 is 12.2 Å². The fourth-order valence-electron chi connectivity index (χ4n) is 3.06. The van der Waals surface area contributed by atoms with Crippen LogP contribution < -0.4 is 21.1 Å². The summed E-state index contributed by atoms with van der Waals surface area (Å²) in [5.74, 6) is -0.641. The molecule has 0 saturated carbocycles. The second-order valence-corrected chi connectivity index (χ2v) is 8.21. The van der Waals surface area contributed by atoms with Crippen molar-refractivity contribution in [1.82, 2.24) is 10.0 Å². The minimum atomic E-state index is -4.67. The van der Waals surface area contributed by atoms with Crippen molar-refractivity contribution in [2.24, 2.45) is 5.73 Å². The number of alkyl halides is 3. The SMILES string of the molecule is NC(=O)CCC(=O)N(O)Cc1cc(Oc2ccc(NC(=O)Nc3ccc(Cl)c(C(F)(F)F)c3)cc2)ccn1. The number of rotatable bonds is 9. The molecule has 5 N–H and O–H groups in total. The van der Waals surface area contributed by atoms with Crippen LogP contribution in [0.1, 0.15) is 24.1 Å². The topological polar surface area (TPSA) is 147 Å². The summed E-state index contributed by atoms with van der Waals surface area (Å²) in [6.45, 7) is -0.245. The second kappa shape index (κ2) is 12.3. The Kier molecular flexibility index (Phi) is 9.10. The Hall–Kier alpha value is -4.36. The van der Waals surface area contributed by atoms with Crippen molar-refractivity contribution >= 4 is 40.8 Å². The zero-order valence-corrected chi connectivity index (χ0v) is 20.2. The van der Waals surface area contributed by atoms with Gasteiger partial charge in [0.05, 0.1) is 22.8 Å². The van der Waals surface area contributed by atoms with Crippen LogP contribution in [-0.2, 0) is 22.3 Å². The second-order valence-electron chi connectivity index (χ2n) is 7.80. The quantitative estimate of drug-likeness (QED) is 0.213. The number of ether oxygens (including phenoxy) is 1. The van der Waals surface area contributed by atoms with Crippen LogP contribution in [0.15, 0.2) is 60.8 Å². The number of hydrogen-bond acceptors (Lipinski definition) is 6. The number of amides is 4. The van der Waals surface area contributed by atoms with Gasteiger partial charge in [0.2, 0.25) is 11.8 Å². The Morgan fingerprint density at radius 2 is 1.63 bits per heavy atom. The van der Waals surface area contributed by atoms with Crippen LogP contribution in [0, 0.1) is 0 Å². The van der Waals surface area contributed by atoms with E-state index in [0.717, 1.165) is 12.1 Å². The number of nitrogens with one attached hydrogen (secondary N) is 2. The number of hydrogen-bond donors (Lipinski definition) is 4. The molecule has 200 valence electrons. The number of primary amides is 1. The van der Waals surface area contributed by atoms with Gasteiger partial charge in [-0.05, 0) is 48.5 Å². The summed E-state index contributed by atoms with van der Waals surface area (Å²) in [6, 6.07) is 11.4. The van der Waals surface area contributed by atoms with E-state index >= 15 is 0 Å². The molecule has 10 nitrogen and oxygen atoms in total. The fraction of sp³-hybridized carbons (Fsp3) is 0.167. The lowest BCUT2D eigenvalue weighted by atomic mass is 10.2. The molecule has 0 saturated heterocycles. The number of nitrogens with zero attached hydrogens (tertiary/aromatic N) is 2. The van der Waals surface area contributed by atoms with E-state index in [2.05, 4.69) is 15.6 Å². The molecule has 1 aromatic heterocycles. The summed E-state index contributed by atoms with van der Waals surface area (Å²) in [6.07, 6.45) is -3.70. The van der Waals surface area contributed by atoms with E-state index in [1.165, 1.54) is 42.6 Å². The molecular formula is C24H21ClF3N5O5. The predicted octanol–water partition coefficient (Wildman–Crippen LogP) is 5.17. The van der Waals surface area contributed by atoms with E-state index in [0.29, 0.717) is 27.9 Å². The third kappa shape index (κ3) is 8.35. The summed E-state index contributed by atoms with van der Waals surface area (Å²) in [5.41, 5.74) is 4.47. The van der Waals surface area contributed by atoms with Crippen LogP contribution in [0.3, 0.4) is 0 Å². The van der Waals surface area contributed by atoms with Gasteiger partial charge in [0.25, 0.3) is 0 Å². The minimum absolute atomic E-state index is 0.0938. The molecule has 0 spiro atoms. The molecule has 3 rings (SSSR count). The highest BCUT2D eigenvalue weighted by Crippen LogP contribution is 2.36. The molecular weight excluding hydrogens is 531 g/mol. The maximum atomic E-state index is 13.0. The Labute approximate surface area is 219 Å². The maximum Gasteiger partial charge on any atom is 0.417 e. The van der Waals surface area contributed by atoms with Crippen LogP contribution in [0.2, 0.25) is 5.02 Å². The maximum absolute atomic E-state index is 13.0. The van der Waals surface area contributed by atoms with Crippen LogP contribution in [0.5, 0.6) is 11.5 Å². The molecule has 38 heavy (non-hydrogen) atoms. The van der Waals surface area contributed by atoms with Gasteiger partial charge in [-0.3, -0.25) is 19.8 Å². The lowest BCUT2D eigenvalue weighted by Crippen LogP contribution is -2.28.